The van der Waals surface area contributed by atoms with Gasteiger partial charge in [-0.1, -0.05) is 41.5 Å². The van der Waals surface area contributed by atoms with E-state index in [-0.39, 0.29) is 6.42 Å². The summed E-state index contributed by atoms with van der Waals surface area (Å²) >= 11 is 0. The maximum absolute atomic E-state index is 12.1. The molecule has 2 aromatic rings. The molecule has 0 aliphatic carbocycles. The molecule has 0 unspecified atom stereocenters. The van der Waals surface area contributed by atoms with Gasteiger partial charge in [0.25, 0.3) is 5.91 Å². The fourth-order valence-electron chi connectivity index (χ4n) is 2.44. The minimum Gasteiger partial charge on any atom is -0.319 e. The Morgan fingerprint density at radius 2 is 1.45 bits per heavy atom. The Labute approximate surface area is 131 Å². The average Bonchev–Trinajstić information content (AvgIpc) is 2.44. The number of ketones is 1. The molecular formula is C19H21NO2. The summed E-state index contributed by atoms with van der Waals surface area (Å²) in [7, 11) is 0. The molecule has 0 saturated carbocycles. The van der Waals surface area contributed by atoms with Gasteiger partial charge in [-0.05, 0) is 50.5 Å². The number of rotatable bonds is 4. The third-order valence-corrected chi connectivity index (χ3v) is 3.73. The van der Waals surface area contributed by atoms with Crippen molar-refractivity contribution in [3.8, 4) is 0 Å². The highest BCUT2D eigenvalue weighted by molar-refractivity contribution is 6.41. The van der Waals surface area contributed by atoms with Crippen LogP contribution in [0.15, 0.2) is 36.4 Å². The van der Waals surface area contributed by atoms with E-state index in [9.17, 15) is 9.59 Å². The van der Waals surface area contributed by atoms with Crippen LogP contribution in [0.4, 0.5) is 5.69 Å². The average molecular weight is 295 g/mol. The summed E-state index contributed by atoms with van der Waals surface area (Å²) in [4.78, 5) is 24.2. The fourth-order valence-corrected chi connectivity index (χ4v) is 2.44. The number of nitrogens with one attached hydrogen (secondary N) is 1. The van der Waals surface area contributed by atoms with Gasteiger partial charge in [-0.15, -0.1) is 0 Å². The molecule has 1 N–H and O–H groups in total. The monoisotopic (exact) mass is 295 g/mol. The van der Waals surface area contributed by atoms with E-state index in [1.54, 1.807) is 0 Å². The van der Waals surface area contributed by atoms with Gasteiger partial charge in [-0.2, -0.15) is 0 Å². The number of carbonyl (C=O) groups is 2. The molecule has 3 nitrogen and oxygen atoms in total. The van der Waals surface area contributed by atoms with Gasteiger partial charge in [0.1, 0.15) is 0 Å². The van der Waals surface area contributed by atoms with Crippen LogP contribution in [0.25, 0.3) is 0 Å². The molecule has 0 spiro atoms. The quantitative estimate of drug-likeness (QED) is 0.875. The minimum absolute atomic E-state index is 0.128. The van der Waals surface area contributed by atoms with Crippen molar-refractivity contribution < 1.29 is 9.59 Å². The number of carbonyl (C=O) groups excluding carboxylic acids is 2. The van der Waals surface area contributed by atoms with Crippen LogP contribution in [0.5, 0.6) is 0 Å². The van der Waals surface area contributed by atoms with Gasteiger partial charge in [-0.3, -0.25) is 9.59 Å². The van der Waals surface area contributed by atoms with Crippen molar-refractivity contribution in [2.75, 3.05) is 5.32 Å². The molecular weight excluding hydrogens is 274 g/mol. The van der Waals surface area contributed by atoms with E-state index >= 15 is 0 Å². The molecule has 0 aromatic heterocycles. The molecule has 0 heterocycles. The van der Waals surface area contributed by atoms with Crippen molar-refractivity contribution in [2.24, 2.45) is 0 Å². The second-order valence-electron chi connectivity index (χ2n) is 5.80. The maximum atomic E-state index is 12.1. The van der Waals surface area contributed by atoms with Crippen molar-refractivity contribution in [2.45, 2.75) is 34.1 Å². The predicted molar refractivity (Wildman–Crippen MR) is 89.2 cm³/mol. The zero-order valence-corrected chi connectivity index (χ0v) is 13.5. The molecule has 22 heavy (non-hydrogen) atoms. The van der Waals surface area contributed by atoms with Crippen LogP contribution in [-0.2, 0) is 16.0 Å². The predicted octanol–water partition coefficient (Wildman–Crippen LogP) is 3.67. The van der Waals surface area contributed by atoms with Gasteiger partial charge in [0.15, 0.2) is 0 Å². The smallest absolute Gasteiger partial charge is 0.292 e. The van der Waals surface area contributed by atoms with Crippen LogP contribution in [-0.4, -0.2) is 11.7 Å². The molecule has 3 heteroatoms. The highest BCUT2D eigenvalue weighted by Crippen LogP contribution is 2.16. The minimum atomic E-state index is -0.563. The van der Waals surface area contributed by atoms with E-state index in [0.717, 1.165) is 27.8 Å². The number of Topliss-reactive ketones (excluding diaryl/α,β-unsaturated/α-hetero) is 1. The number of amides is 1. The molecule has 0 bridgehead atoms. The molecule has 2 aromatic carbocycles. The number of benzene rings is 2. The first-order valence-corrected chi connectivity index (χ1v) is 7.34. The molecule has 0 aliphatic heterocycles. The number of hydrogen-bond acceptors (Lipinski definition) is 2. The van der Waals surface area contributed by atoms with Gasteiger partial charge in [0.2, 0.25) is 5.78 Å². The van der Waals surface area contributed by atoms with Gasteiger partial charge >= 0.3 is 0 Å². The SMILES string of the molecule is Cc1ccc(CC(=O)C(=O)Nc2ccc(C)cc2C)c(C)c1. The first kappa shape index (κ1) is 16.0. The van der Waals surface area contributed by atoms with Crippen LogP contribution in [0.1, 0.15) is 27.8 Å². The van der Waals surface area contributed by atoms with Gasteiger partial charge in [0.05, 0.1) is 0 Å². The van der Waals surface area contributed by atoms with Crippen LogP contribution in [0, 0.1) is 27.7 Å². The zero-order chi connectivity index (χ0) is 16.3. The normalized spacial score (nSPS) is 10.4. The van der Waals surface area contributed by atoms with Crippen molar-refractivity contribution in [1.82, 2.24) is 0 Å². The zero-order valence-electron chi connectivity index (χ0n) is 13.5. The van der Waals surface area contributed by atoms with Crippen molar-refractivity contribution in [1.29, 1.82) is 0 Å². The lowest BCUT2D eigenvalue weighted by Crippen LogP contribution is -2.25. The molecule has 0 radical (unpaired) electrons. The first-order valence-electron chi connectivity index (χ1n) is 7.34. The summed E-state index contributed by atoms with van der Waals surface area (Å²) in [6.07, 6.45) is 0.128. The second kappa shape index (κ2) is 6.56. The highest BCUT2D eigenvalue weighted by atomic mass is 16.2. The Hall–Kier alpha value is -2.42. The van der Waals surface area contributed by atoms with Crippen molar-refractivity contribution in [3.05, 3.63) is 64.2 Å². The molecule has 114 valence electrons. The lowest BCUT2D eigenvalue weighted by molar-refractivity contribution is -0.134. The van der Waals surface area contributed by atoms with Crippen LogP contribution in [0.2, 0.25) is 0 Å². The van der Waals surface area contributed by atoms with Crippen molar-refractivity contribution in [3.63, 3.8) is 0 Å². The van der Waals surface area contributed by atoms with E-state index in [1.165, 1.54) is 0 Å². The Balaban J connectivity index is 2.07. The standard InChI is InChI=1S/C19H21NO2/c1-12-5-7-16(14(3)9-12)11-18(21)19(22)20-17-8-6-13(2)10-15(17)4/h5-10H,11H2,1-4H3,(H,20,22). The lowest BCUT2D eigenvalue weighted by atomic mass is 10.0. The van der Waals surface area contributed by atoms with E-state index < -0.39 is 11.7 Å². The molecule has 2 rings (SSSR count). The highest BCUT2D eigenvalue weighted by Gasteiger charge is 2.16. The second-order valence-corrected chi connectivity index (χ2v) is 5.80. The summed E-state index contributed by atoms with van der Waals surface area (Å²) in [5, 5.41) is 2.70. The molecule has 0 saturated heterocycles. The van der Waals surface area contributed by atoms with E-state index in [0.29, 0.717) is 5.69 Å². The van der Waals surface area contributed by atoms with Crippen LogP contribution >= 0.6 is 0 Å². The topological polar surface area (TPSA) is 46.2 Å². The summed E-state index contributed by atoms with van der Waals surface area (Å²) in [5.74, 6) is -0.987. The molecule has 0 fully saturated rings. The Morgan fingerprint density at radius 1 is 0.864 bits per heavy atom. The summed E-state index contributed by atoms with van der Waals surface area (Å²) in [5.41, 5.74) is 5.84. The first-order chi connectivity index (χ1) is 10.4. The number of anilines is 1. The largest absolute Gasteiger partial charge is 0.319 e. The fraction of sp³-hybridized carbons (Fsp3) is 0.263. The Morgan fingerprint density at radius 3 is 2.05 bits per heavy atom. The van der Waals surface area contributed by atoms with E-state index in [2.05, 4.69) is 5.32 Å². The summed E-state index contributed by atoms with van der Waals surface area (Å²) in [6, 6.07) is 11.6. The number of hydrogen-bond donors (Lipinski definition) is 1. The third kappa shape index (κ3) is 3.82. The van der Waals surface area contributed by atoms with Crippen molar-refractivity contribution >= 4 is 17.4 Å². The molecule has 1 amide bonds. The van der Waals surface area contributed by atoms with Gasteiger partial charge in [-0.25, -0.2) is 0 Å². The van der Waals surface area contributed by atoms with Gasteiger partial charge < -0.3 is 5.32 Å². The molecule has 0 atom stereocenters. The molecule has 0 aliphatic rings. The van der Waals surface area contributed by atoms with E-state index in [1.807, 2.05) is 64.1 Å². The van der Waals surface area contributed by atoms with Crippen LogP contribution < -0.4 is 5.32 Å². The van der Waals surface area contributed by atoms with E-state index in [4.69, 9.17) is 0 Å². The Bertz CT molecular complexity index is 669. The summed E-state index contributed by atoms with van der Waals surface area (Å²) < 4.78 is 0. The summed E-state index contributed by atoms with van der Waals surface area (Å²) in [6.45, 7) is 7.87. The third-order valence-electron chi connectivity index (χ3n) is 3.73. The van der Waals surface area contributed by atoms with Crippen LogP contribution in [0.3, 0.4) is 0 Å². The number of aryl methyl sites for hydroxylation is 4. The maximum Gasteiger partial charge on any atom is 0.292 e. The Kier molecular flexibility index (Phi) is 4.76. The lowest BCUT2D eigenvalue weighted by Gasteiger charge is -2.09. The van der Waals surface area contributed by atoms with Gasteiger partial charge in [0, 0.05) is 12.1 Å².